The van der Waals surface area contributed by atoms with E-state index in [9.17, 15) is 13.6 Å². The van der Waals surface area contributed by atoms with Crippen LogP contribution < -0.4 is 0 Å². The van der Waals surface area contributed by atoms with Crippen LogP contribution in [0.2, 0.25) is 0 Å². The molecule has 0 aromatic heterocycles. The second-order valence-corrected chi connectivity index (χ2v) is 4.56. The number of hydrogen-bond acceptors (Lipinski definition) is 5. The van der Waals surface area contributed by atoms with Gasteiger partial charge in [0.2, 0.25) is 0 Å². The first-order valence-electron chi connectivity index (χ1n) is 5.87. The molecule has 0 bridgehead atoms. The highest BCUT2D eigenvalue weighted by Crippen LogP contribution is 2.24. The average molecular weight is 270 g/mol. The van der Waals surface area contributed by atoms with Crippen molar-refractivity contribution in [1.29, 1.82) is 10.5 Å². The van der Waals surface area contributed by atoms with Crippen LogP contribution in [0.15, 0.2) is 0 Å². The Morgan fingerprint density at radius 2 is 1.68 bits per heavy atom. The molecule has 2 heterocycles. The molecule has 0 radical (unpaired) electrons. The van der Waals surface area contributed by atoms with Crippen LogP contribution in [-0.4, -0.2) is 53.6 Å². The lowest BCUT2D eigenvalue weighted by Crippen LogP contribution is -2.41. The Morgan fingerprint density at radius 1 is 1.11 bits per heavy atom. The van der Waals surface area contributed by atoms with Gasteiger partial charge in [-0.05, 0) is 0 Å². The molecule has 19 heavy (non-hydrogen) atoms. The van der Waals surface area contributed by atoms with Gasteiger partial charge in [-0.1, -0.05) is 0 Å². The minimum Gasteiger partial charge on any atom is -0.349 e. The third kappa shape index (κ3) is 2.74. The summed E-state index contributed by atoms with van der Waals surface area (Å²) in [4.78, 5) is 17.6. The maximum Gasteiger partial charge on any atom is 0.430 e. The molecule has 6 nitrogen and oxygen atoms in total. The molecule has 8 heteroatoms. The van der Waals surface area contributed by atoms with Crippen molar-refractivity contribution in [2.45, 2.75) is 37.3 Å². The number of likely N-dealkylation sites (tertiary alicyclic amines) is 1. The molecule has 0 unspecified atom stereocenters. The van der Waals surface area contributed by atoms with E-state index < -0.39 is 30.5 Å². The zero-order valence-corrected chi connectivity index (χ0v) is 10.00. The highest BCUT2D eigenvalue weighted by molar-refractivity contribution is 5.69. The second kappa shape index (κ2) is 5.37. The Kier molecular flexibility index (Phi) is 3.82. The van der Waals surface area contributed by atoms with E-state index >= 15 is 0 Å². The van der Waals surface area contributed by atoms with Crippen molar-refractivity contribution in [1.82, 2.24) is 9.96 Å². The molecule has 0 aromatic rings. The molecule has 2 aliphatic rings. The van der Waals surface area contributed by atoms with Crippen molar-refractivity contribution in [3.05, 3.63) is 0 Å². The number of alkyl halides is 2. The van der Waals surface area contributed by atoms with E-state index in [2.05, 4.69) is 0 Å². The summed E-state index contributed by atoms with van der Waals surface area (Å²) in [5.41, 5.74) is 0. The molecule has 0 saturated carbocycles. The summed E-state index contributed by atoms with van der Waals surface area (Å²) in [5.74, 6) is 0. The van der Waals surface area contributed by atoms with Crippen LogP contribution in [0.25, 0.3) is 0 Å². The summed E-state index contributed by atoms with van der Waals surface area (Å²) in [7, 11) is 0. The Bertz CT molecular complexity index is 447. The van der Waals surface area contributed by atoms with Crippen LogP contribution in [0.3, 0.4) is 0 Å². The summed E-state index contributed by atoms with van der Waals surface area (Å²) in [6.07, 6.45) is -3.51. The second-order valence-electron chi connectivity index (χ2n) is 4.56. The van der Waals surface area contributed by atoms with Gasteiger partial charge in [0, 0.05) is 12.8 Å². The number of carbonyl (C=O) groups is 1. The molecule has 0 aliphatic carbocycles. The van der Waals surface area contributed by atoms with Gasteiger partial charge in [0.1, 0.15) is 24.4 Å². The van der Waals surface area contributed by atoms with Gasteiger partial charge in [0.05, 0.1) is 25.2 Å². The zero-order valence-electron chi connectivity index (χ0n) is 10.00. The van der Waals surface area contributed by atoms with Gasteiger partial charge in [-0.2, -0.15) is 10.5 Å². The van der Waals surface area contributed by atoms with E-state index in [-0.39, 0.29) is 25.9 Å². The lowest BCUT2D eigenvalue weighted by atomic mass is 10.2. The van der Waals surface area contributed by atoms with Crippen molar-refractivity contribution >= 4 is 6.09 Å². The minimum atomic E-state index is -1.27. The molecule has 0 spiro atoms. The fourth-order valence-corrected chi connectivity index (χ4v) is 2.24. The van der Waals surface area contributed by atoms with Crippen LogP contribution in [0.1, 0.15) is 12.8 Å². The van der Waals surface area contributed by atoms with E-state index in [4.69, 9.17) is 15.4 Å². The quantitative estimate of drug-likeness (QED) is 0.707. The number of amides is 1. The van der Waals surface area contributed by atoms with E-state index in [0.29, 0.717) is 0 Å². The van der Waals surface area contributed by atoms with Gasteiger partial charge < -0.3 is 4.84 Å². The molecule has 2 fully saturated rings. The van der Waals surface area contributed by atoms with E-state index in [1.807, 2.05) is 12.1 Å². The van der Waals surface area contributed by atoms with Gasteiger partial charge in [-0.25, -0.2) is 13.6 Å². The molecule has 2 aliphatic heterocycles. The van der Waals surface area contributed by atoms with E-state index in [0.717, 1.165) is 9.96 Å². The van der Waals surface area contributed by atoms with Crippen molar-refractivity contribution in [2.75, 3.05) is 13.1 Å². The van der Waals surface area contributed by atoms with Gasteiger partial charge in [-0.3, -0.25) is 4.90 Å². The largest absolute Gasteiger partial charge is 0.430 e. The number of hydroxylamine groups is 2. The fourth-order valence-electron chi connectivity index (χ4n) is 2.24. The number of rotatable bonds is 1. The SMILES string of the molecule is N#C[C@@H]1C[C@H](F)CN1OC(=O)N1C[C@@H](F)C[C@H]1C#N. The maximum absolute atomic E-state index is 13.2. The van der Waals surface area contributed by atoms with Gasteiger partial charge in [0.25, 0.3) is 0 Å². The van der Waals surface area contributed by atoms with Crippen molar-refractivity contribution in [3.8, 4) is 12.1 Å². The molecular formula is C11H12F2N4O2. The summed E-state index contributed by atoms with van der Waals surface area (Å²) in [5, 5.41) is 18.6. The van der Waals surface area contributed by atoms with Crippen molar-refractivity contribution in [2.24, 2.45) is 0 Å². The molecule has 2 rings (SSSR count). The smallest absolute Gasteiger partial charge is 0.349 e. The molecule has 0 aromatic carbocycles. The first-order chi connectivity index (χ1) is 9.05. The highest BCUT2D eigenvalue weighted by atomic mass is 19.1. The van der Waals surface area contributed by atoms with E-state index in [1.54, 1.807) is 0 Å². The molecule has 102 valence electrons. The molecular weight excluding hydrogens is 258 g/mol. The topological polar surface area (TPSA) is 80.4 Å². The van der Waals surface area contributed by atoms with Crippen LogP contribution in [0.4, 0.5) is 13.6 Å². The summed E-state index contributed by atoms with van der Waals surface area (Å²) >= 11 is 0. The number of hydrogen-bond donors (Lipinski definition) is 0. The van der Waals surface area contributed by atoms with Crippen LogP contribution in [0.5, 0.6) is 0 Å². The predicted octanol–water partition coefficient (Wildman–Crippen LogP) is 0.910. The normalized spacial score (nSPS) is 34.8. The Hall–Kier alpha value is -1.93. The van der Waals surface area contributed by atoms with Gasteiger partial charge >= 0.3 is 6.09 Å². The Balaban J connectivity index is 1.98. The van der Waals surface area contributed by atoms with Crippen LogP contribution in [0, 0.1) is 22.7 Å². The minimum absolute atomic E-state index is 0.0306. The first-order valence-corrected chi connectivity index (χ1v) is 5.87. The standard InChI is InChI=1S/C11H12F2N4O2/c12-7-1-9(3-14)16(5-7)11(18)19-17-6-8(13)2-10(17)4-15/h7-10H,1-2,5-6H2/t7-,8-,9-,10-/m0/s1. The van der Waals surface area contributed by atoms with E-state index in [1.165, 1.54) is 0 Å². The third-order valence-corrected chi connectivity index (χ3v) is 3.18. The number of halogens is 2. The Labute approximate surface area is 108 Å². The number of carbonyl (C=O) groups excluding carboxylic acids is 1. The third-order valence-electron chi connectivity index (χ3n) is 3.18. The summed E-state index contributed by atoms with van der Waals surface area (Å²) in [6.45, 7) is -0.407. The summed E-state index contributed by atoms with van der Waals surface area (Å²) < 4.78 is 26.3. The number of nitrogens with zero attached hydrogens (tertiary/aromatic N) is 4. The lowest BCUT2D eigenvalue weighted by Gasteiger charge is -2.23. The molecule has 2 saturated heterocycles. The maximum atomic E-state index is 13.2. The van der Waals surface area contributed by atoms with Gasteiger partial charge in [0.15, 0.2) is 0 Å². The van der Waals surface area contributed by atoms with Crippen molar-refractivity contribution < 1.29 is 18.4 Å². The van der Waals surface area contributed by atoms with Crippen LogP contribution in [-0.2, 0) is 4.84 Å². The van der Waals surface area contributed by atoms with Crippen molar-refractivity contribution in [3.63, 3.8) is 0 Å². The van der Waals surface area contributed by atoms with Gasteiger partial charge in [-0.15, -0.1) is 5.06 Å². The fraction of sp³-hybridized carbons (Fsp3) is 0.727. The first kappa shape index (κ1) is 13.5. The Morgan fingerprint density at radius 3 is 2.32 bits per heavy atom. The average Bonchev–Trinajstić information content (AvgIpc) is 2.92. The summed E-state index contributed by atoms with van der Waals surface area (Å²) in [6, 6.07) is 1.91. The lowest BCUT2D eigenvalue weighted by molar-refractivity contribution is -0.112. The van der Waals surface area contributed by atoms with Crippen LogP contribution >= 0.6 is 0 Å². The molecule has 0 N–H and O–H groups in total. The molecule has 4 atom stereocenters. The monoisotopic (exact) mass is 270 g/mol. The zero-order chi connectivity index (χ0) is 14.0. The number of nitriles is 2. The molecule has 1 amide bonds. The predicted molar refractivity (Wildman–Crippen MR) is 57.7 cm³/mol. The highest BCUT2D eigenvalue weighted by Gasteiger charge is 2.40.